The van der Waals surface area contributed by atoms with E-state index in [1.54, 1.807) is 0 Å². The molecule has 0 amide bonds. The summed E-state index contributed by atoms with van der Waals surface area (Å²) in [5.74, 6) is -0.239. The van der Waals surface area contributed by atoms with Crippen LogP contribution in [0.3, 0.4) is 0 Å². The molecular formula is C15H15BrFNO. The largest absolute Gasteiger partial charge is 0.508 e. The highest BCUT2D eigenvalue weighted by Crippen LogP contribution is 2.24. The van der Waals surface area contributed by atoms with E-state index in [9.17, 15) is 9.50 Å². The van der Waals surface area contributed by atoms with Crippen LogP contribution in [0.2, 0.25) is 0 Å². The summed E-state index contributed by atoms with van der Waals surface area (Å²) in [4.78, 5) is 0. The maximum atomic E-state index is 13.1. The van der Waals surface area contributed by atoms with Crippen molar-refractivity contribution in [1.82, 2.24) is 5.32 Å². The first-order valence-electron chi connectivity index (χ1n) is 6.03. The predicted molar refractivity (Wildman–Crippen MR) is 77.5 cm³/mol. The Kier molecular flexibility index (Phi) is 4.56. The Morgan fingerprint density at radius 1 is 1.26 bits per heavy atom. The third kappa shape index (κ3) is 3.55. The number of halogens is 2. The van der Waals surface area contributed by atoms with Crippen molar-refractivity contribution in [2.75, 3.05) is 0 Å². The second-order valence-electron chi connectivity index (χ2n) is 4.40. The van der Waals surface area contributed by atoms with Crippen LogP contribution in [0.25, 0.3) is 0 Å². The summed E-state index contributed by atoms with van der Waals surface area (Å²) in [6.45, 7) is 2.43. The molecule has 0 aliphatic rings. The van der Waals surface area contributed by atoms with Gasteiger partial charge in [0.25, 0.3) is 0 Å². The molecule has 4 heteroatoms. The van der Waals surface area contributed by atoms with E-state index in [-0.39, 0.29) is 17.6 Å². The van der Waals surface area contributed by atoms with Crippen molar-refractivity contribution < 1.29 is 9.50 Å². The lowest BCUT2D eigenvalue weighted by Crippen LogP contribution is -2.18. The number of aromatic hydroxyl groups is 1. The van der Waals surface area contributed by atoms with Gasteiger partial charge in [0.15, 0.2) is 0 Å². The van der Waals surface area contributed by atoms with Gasteiger partial charge in [-0.3, -0.25) is 0 Å². The first-order valence-corrected chi connectivity index (χ1v) is 6.82. The van der Waals surface area contributed by atoms with E-state index in [0.717, 1.165) is 10.0 Å². The molecule has 0 spiro atoms. The standard InChI is InChI=1S/C15H15BrFNO/c1-10(13-4-2-3-5-14(13)16)18-9-11-8-12(17)6-7-15(11)19/h2-8,10,18-19H,9H2,1H3. The molecule has 2 nitrogen and oxygen atoms in total. The molecule has 2 aromatic carbocycles. The van der Waals surface area contributed by atoms with E-state index in [1.807, 2.05) is 31.2 Å². The van der Waals surface area contributed by atoms with E-state index in [0.29, 0.717) is 12.1 Å². The minimum absolute atomic E-state index is 0.0956. The van der Waals surface area contributed by atoms with Crippen molar-refractivity contribution >= 4 is 15.9 Å². The van der Waals surface area contributed by atoms with Crippen LogP contribution in [-0.2, 0) is 6.54 Å². The second-order valence-corrected chi connectivity index (χ2v) is 5.25. The highest BCUT2D eigenvalue weighted by atomic mass is 79.9. The van der Waals surface area contributed by atoms with Gasteiger partial charge in [-0.15, -0.1) is 0 Å². The summed E-state index contributed by atoms with van der Waals surface area (Å²) in [7, 11) is 0. The van der Waals surface area contributed by atoms with Crippen LogP contribution in [0, 0.1) is 5.82 Å². The quantitative estimate of drug-likeness (QED) is 0.886. The van der Waals surface area contributed by atoms with Gasteiger partial charge in [0, 0.05) is 22.6 Å². The van der Waals surface area contributed by atoms with E-state index in [2.05, 4.69) is 21.2 Å². The number of rotatable bonds is 4. The van der Waals surface area contributed by atoms with Gasteiger partial charge in [-0.25, -0.2) is 4.39 Å². The first kappa shape index (κ1) is 14.0. The molecule has 0 aromatic heterocycles. The van der Waals surface area contributed by atoms with Crippen LogP contribution in [0.5, 0.6) is 5.75 Å². The zero-order chi connectivity index (χ0) is 13.8. The maximum Gasteiger partial charge on any atom is 0.123 e. The average Bonchev–Trinajstić information content (AvgIpc) is 2.40. The number of phenols is 1. The Morgan fingerprint density at radius 3 is 2.74 bits per heavy atom. The fourth-order valence-electron chi connectivity index (χ4n) is 1.89. The molecule has 2 aromatic rings. The van der Waals surface area contributed by atoms with Crippen molar-refractivity contribution in [3.63, 3.8) is 0 Å². The molecule has 0 radical (unpaired) electrons. The summed E-state index contributed by atoms with van der Waals surface area (Å²) >= 11 is 3.50. The third-order valence-electron chi connectivity index (χ3n) is 3.01. The van der Waals surface area contributed by atoms with Crippen LogP contribution < -0.4 is 5.32 Å². The lowest BCUT2D eigenvalue weighted by molar-refractivity contribution is 0.457. The van der Waals surface area contributed by atoms with Gasteiger partial charge in [0.05, 0.1) is 0 Å². The van der Waals surface area contributed by atoms with Crippen LogP contribution in [0.1, 0.15) is 24.1 Å². The van der Waals surface area contributed by atoms with Crippen LogP contribution in [-0.4, -0.2) is 5.11 Å². The summed E-state index contributed by atoms with van der Waals surface area (Å²) in [6, 6.07) is 12.0. The fourth-order valence-corrected chi connectivity index (χ4v) is 2.52. The molecule has 1 atom stereocenters. The van der Waals surface area contributed by atoms with Gasteiger partial charge >= 0.3 is 0 Å². The lowest BCUT2D eigenvalue weighted by atomic mass is 10.1. The van der Waals surface area contributed by atoms with Crippen LogP contribution in [0.15, 0.2) is 46.9 Å². The molecule has 0 saturated carbocycles. The van der Waals surface area contributed by atoms with Gasteiger partial charge in [0.1, 0.15) is 11.6 Å². The summed E-state index contributed by atoms with van der Waals surface area (Å²) in [5.41, 5.74) is 1.68. The molecule has 0 heterocycles. The van der Waals surface area contributed by atoms with Crippen molar-refractivity contribution in [2.24, 2.45) is 0 Å². The Bertz CT molecular complexity index is 574. The van der Waals surface area contributed by atoms with Gasteiger partial charge < -0.3 is 10.4 Å². The third-order valence-corrected chi connectivity index (χ3v) is 3.73. The first-order chi connectivity index (χ1) is 9.08. The highest BCUT2D eigenvalue weighted by Gasteiger charge is 2.09. The average molecular weight is 324 g/mol. The molecule has 0 fully saturated rings. The molecule has 19 heavy (non-hydrogen) atoms. The smallest absolute Gasteiger partial charge is 0.123 e. The molecule has 2 rings (SSSR count). The van der Waals surface area contributed by atoms with Crippen molar-refractivity contribution in [2.45, 2.75) is 19.5 Å². The molecule has 2 N–H and O–H groups in total. The van der Waals surface area contributed by atoms with Gasteiger partial charge in [-0.1, -0.05) is 34.1 Å². The lowest BCUT2D eigenvalue weighted by Gasteiger charge is -2.16. The molecular weight excluding hydrogens is 309 g/mol. The second kappa shape index (κ2) is 6.17. The fraction of sp³-hybridized carbons (Fsp3) is 0.200. The normalized spacial score (nSPS) is 12.4. The monoisotopic (exact) mass is 323 g/mol. The molecule has 100 valence electrons. The molecule has 0 bridgehead atoms. The predicted octanol–water partition coefficient (Wildman–Crippen LogP) is 4.14. The van der Waals surface area contributed by atoms with E-state index in [1.165, 1.54) is 18.2 Å². The highest BCUT2D eigenvalue weighted by molar-refractivity contribution is 9.10. The number of phenolic OH excluding ortho intramolecular Hbond substituents is 1. The Labute approximate surface area is 120 Å². The number of hydrogen-bond donors (Lipinski definition) is 2. The number of benzene rings is 2. The van der Waals surface area contributed by atoms with E-state index >= 15 is 0 Å². The summed E-state index contributed by atoms with van der Waals surface area (Å²) < 4.78 is 14.1. The molecule has 0 aliphatic carbocycles. The van der Waals surface area contributed by atoms with E-state index < -0.39 is 0 Å². The number of hydrogen-bond acceptors (Lipinski definition) is 2. The Hall–Kier alpha value is -1.39. The zero-order valence-corrected chi connectivity index (χ0v) is 12.1. The van der Waals surface area contributed by atoms with Gasteiger partial charge in [0.2, 0.25) is 0 Å². The molecule has 0 saturated heterocycles. The summed E-state index contributed by atoms with van der Waals surface area (Å²) in [6.07, 6.45) is 0. The summed E-state index contributed by atoms with van der Waals surface area (Å²) in [5, 5.41) is 12.9. The SMILES string of the molecule is CC(NCc1cc(F)ccc1O)c1ccccc1Br. The van der Waals surface area contributed by atoms with Gasteiger partial charge in [-0.2, -0.15) is 0 Å². The molecule has 0 aliphatic heterocycles. The van der Waals surface area contributed by atoms with Crippen molar-refractivity contribution in [3.05, 3.63) is 63.9 Å². The van der Waals surface area contributed by atoms with Crippen molar-refractivity contribution in [1.29, 1.82) is 0 Å². The number of nitrogens with one attached hydrogen (secondary N) is 1. The minimum Gasteiger partial charge on any atom is -0.508 e. The van der Waals surface area contributed by atoms with Crippen molar-refractivity contribution in [3.8, 4) is 5.75 Å². The zero-order valence-electron chi connectivity index (χ0n) is 10.5. The Morgan fingerprint density at radius 2 is 2.00 bits per heavy atom. The minimum atomic E-state index is -0.344. The van der Waals surface area contributed by atoms with Crippen LogP contribution in [0.4, 0.5) is 4.39 Å². The molecule has 1 unspecified atom stereocenters. The van der Waals surface area contributed by atoms with Gasteiger partial charge in [-0.05, 0) is 36.8 Å². The van der Waals surface area contributed by atoms with Crippen LogP contribution >= 0.6 is 15.9 Å². The van der Waals surface area contributed by atoms with E-state index in [4.69, 9.17) is 0 Å². The Balaban J connectivity index is 2.06. The maximum absolute atomic E-state index is 13.1. The topological polar surface area (TPSA) is 32.3 Å².